The normalized spacial score (nSPS) is 16.9. The zero-order valence-electron chi connectivity index (χ0n) is 17.5. The van der Waals surface area contributed by atoms with Gasteiger partial charge in [0.1, 0.15) is 5.82 Å². The van der Waals surface area contributed by atoms with Crippen molar-refractivity contribution in [1.82, 2.24) is 19.7 Å². The minimum atomic E-state index is -0.113. The molecule has 30 heavy (non-hydrogen) atoms. The molecule has 0 unspecified atom stereocenters. The molecule has 9 nitrogen and oxygen atoms in total. The Morgan fingerprint density at radius 3 is 2.87 bits per heavy atom. The van der Waals surface area contributed by atoms with Crippen LogP contribution in [0.5, 0.6) is 0 Å². The van der Waals surface area contributed by atoms with Crippen LogP contribution in [0, 0.1) is 5.92 Å². The maximum Gasteiger partial charge on any atom is 0.255 e. The molecule has 0 saturated carbocycles. The van der Waals surface area contributed by atoms with E-state index < -0.39 is 0 Å². The number of nitrogens with zero attached hydrogens (tertiary/aromatic N) is 5. The molecule has 0 spiro atoms. The number of fused-ring (bicyclic) bond motifs is 1. The first-order chi connectivity index (χ1) is 14.5. The lowest BCUT2D eigenvalue weighted by Crippen LogP contribution is -2.44. The molecule has 1 N–H and O–H groups in total. The van der Waals surface area contributed by atoms with Crippen LogP contribution in [-0.4, -0.2) is 71.4 Å². The molecule has 0 bridgehead atoms. The van der Waals surface area contributed by atoms with E-state index in [4.69, 9.17) is 4.74 Å². The number of carbonyl (C=O) groups excluding carboxylic acids is 2. The maximum atomic E-state index is 13.0. The number of amides is 2. The molecule has 2 amide bonds. The average molecular weight is 412 g/mol. The molecule has 9 heteroatoms. The van der Waals surface area contributed by atoms with E-state index in [2.05, 4.69) is 15.4 Å². The molecule has 2 aromatic rings. The van der Waals surface area contributed by atoms with Crippen molar-refractivity contribution < 1.29 is 14.3 Å². The number of anilines is 2. The van der Waals surface area contributed by atoms with Crippen molar-refractivity contribution in [2.45, 2.75) is 19.3 Å². The monoisotopic (exact) mass is 412 g/mol. The molecule has 0 atom stereocenters. The summed E-state index contributed by atoms with van der Waals surface area (Å²) in [5, 5.41) is 7.22. The fourth-order valence-electron chi connectivity index (χ4n) is 3.91. The van der Waals surface area contributed by atoms with E-state index in [0.717, 1.165) is 38.0 Å². The number of nitrogens with one attached hydrogen (secondary N) is 1. The minimum Gasteiger partial charge on any atom is -0.381 e. The number of carbonyl (C=O) groups is 2. The highest BCUT2D eigenvalue weighted by molar-refractivity contribution is 6.04. The molecule has 4 heterocycles. The van der Waals surface area contributed by atoms with Crippen LogP contribution in [0.25, 0.3) is 0 Å². The van der Waals surface area contributed by atoms with Gasteiger partial charge in [-0.05, 0) is 36.8 Å². The van der Waals surface area contributed by atoms with Gasteiger partial charge in [-0.15, -0.1) is 0 Å². The Hall–Kier alpha value is -2.94. The summed E-state index contributed by atoms with van der Waals surface area (Å²) < 4.78 is 7.19. The Kier molecular flexibility index (Phi) is 5.98. The molecule has 4 rings (SSSR count). The fourth-order valence-corrected chi connectivity index (χ4v) is 3.91. The second-order valence-corrected chi connectivity index (χ2v) is 8.00. The van der Waals surface area contributed by atoms with Gasteiger partial charge in [0.15, 0.2) is 0 Å². The van der Waals surface area contributed by atoms with Gasteiger partial charge in [0.05, 0.1) is 24.0 Å². The molecule has 0 aromatic carbocycles. The van der Waals surface area contributed by atoms with Crippen molar-refractivity contribution in [3.63, 3.8) is 0 Å². The standard InChI is InChI=1S/C21H28N6O3/c1-25(6-3-16-10-24-26(2)13-16)21(29)17-9-18-20(22-11-17)23-12-19(28)27(18)14-15-4-7-30-8-5-15/h9-11,13,15H,3-8,12,14H2,1-2H3,(H,22,23). The lowest BCUT2D eigenvalue weighted by atomic mass is 9.99. The molecule has 160 valence electrons. The van der Waals surface area contributed by atoms with Crippen LogP contribution in [-0.2, 0) is 23.0 Å². The summed E-state index contributed by atoms with van der Waals surface area (Å²) in [6.07, 6.45) is 7.95. The maximum absolute atomic E-state index is 13.0. The predicted molar refractivity (Wildman–Crippen MR) is 112 cm³/mol. The second-order valence-electron chi connectivity index (χ2n) is 8.00. The number of likely N-dealkylation sites (N-methyl/N-ethyl adjacent to an activating group) is 1. The summed E-state index contributed by atoms with van der Waals surface area (Å²) in [5.74, 6) is 0.940. The van der Waals surface area contributed by atoms with Crippen molar-refractivity contribution in [3.8, 4) is 0 Å². The largest absolute Gasteiger partial charge is 0.381 e. The first-order valence-electron chi connectivity index (χ1n) is 10.4. The number of hydrogen-bond donors (Lipinski definition) is 1. The number of aryl methyl sites for hydroxylation is 1. The highest BCUT2D eigenvalue weighted by Crippen LogP contribution is 2.31. The Morgan fingerprint density at radius 1 is 1.33 bits per heavy atom. The third kappa shape index (κ3) is 4.46. The first-order valence-corrected chi connectivity index (χ1v) is 10.4. The van der Waals surface area contributed by atoms with E-state index in [1.54, 1.807) is 33.8 Å². The Labute approximate surface area is 176 Å². The van der Waals surface area contributed by atoms with Crippen molar-refractivity contribution in [2.24, 2.45) is 13.0 Å². The molecule has 2 aromatic heterocycles. The van der Waals surface area contributed by atoms with Crippen LogP contribution in [0.4, 0.5) is 11.5 Å². The molecule has 0 radical (unpaired) electrons. The van der Waals surface area contributed by atoms with Crippen LogP contribution >= 0.6 is 0 Å². The summed E-state index contributed by atoms with van der Waals surface area (Å²) in [6.45, 7) is 2.89. The van der Waals surface area contributed by atoms with Gasteiger partial charge < -0.3 is 19.9 Å². The van der Waals surface area contributed by atoms with Gasteiger partial charge >= 0.3 is 0 Å². The molecule has 2 aliphatic heterocycles. The molecular formula is C21H28N6O3. The first kappa shape index (κ1) is 20.3. The topological polar surface area (TPSA) is 92.6 Å². The van der Waals surface area contributed by atoms with Crippen molar-refractivity contribution in [3.05, 3.63) is 35.8 Å². The van der Waals surface area contributed by atoms with Gasteiger partial charge in [0, 0.05) is 52.8 Å². The quantitative estimate of drug-likeness (QED) is 0.769. The fraction of sp³-hybridized carbons (Fsp3) is 0.524. The van der Waals surface area contributed by atoms with Gasteiger partial charge in [0.2, 0.25) is 5.91 Å². The highest BCUT2D eigenvalue weighted by atomic mass is 16.5. The smallest absolute Gasteiger partial charge is 0.255 e. The van der Waals surface area contributed by atoms with Crippen LogP contribution in [0.2, 0.25) is 0 Å². The average Bonchev–Trinajstić information content (AvgIpc) is 3.19. The summed E-state index contributed by atoms with van der Waals surface area (Å²) in [4.78, 5) is 33.5. The number of rotatable bonds is 6. The van der Waals surface area contributed by atoms with Gasteiger partial charge in [-0.25, -0.2) is 4.98 Å². The lowest BCUT2D eigenvalue weighted by Gasteiger charge is -2.34. The summed E-state index contributed by atoms with van der Waals surface area (Å²) in [6, 6.07) is 1.79. The highest BCUT2D eigenvalue weighted by Gasteiger charge is 2.29. The van der Waals surface area contributed by atoms with Gasteiger partial charge in [0.25, 0.3) is 5.91 Å². The van der Waals surface area contributed by atoms with E-state index in [1.807, 2.05) is 19.4 Å². The van der Waals surface area contributed by atoms with Crippen LogP contribution in [0.3, 0.4) is 0 Å². The Balaban J connectivity index is 1.48. The third-order valence-electron chi connectivity index (χ3n) is 5.74. The van der Waals surface area contributed by atoms with Crippen molar-refractivity contribution in [2.75, 3.05) is 50.1 Å². The lowest BCUT2D eigenvalue weighted by molar-refractivity contribution is -0.117. The molecule has 1 saturated heterocycles. The zero-order chi connectivity index (χ0) is 21.1. The van der Waals surface area contributed by atoms with Crippen molar-refractivity contribution >= 4 is 23.3 Å². The van der Waals surface area contributed by atoms with Gasteiger partial charge in [-0.2, -0.15) is 5.10 Å². The molecule has 2 aliphatic rings. The van der Waals surface area contributed by atoms with Crippen molar-refractivity contribution in [1.29, 1.82) is 0 Å². The van der Waals surface area contributed by atoms with E-state index in [9.17, 15) is 9.59 Å². The van der Waals surface area contributed by atoms with E-state index >= 15 is 0 Å². The van der Waals surface area contributed by atoms with Crippen LogP contribution in [0.15, 0.2) is 24.7 Å². The van der Waals surface area contributed by atoms with Crippen LogP contribution < -0.4 is 10.2 Å². The van der Waals surface area contributed by atoms with Gasteiger partial charge in [-0.1, -0.05) is 0 Å². The molecular weight excluding hydrogens is 384 g/mol. The Bertz CT molecular complexity index is 921. The van der Waals surface area contributed by atoms with E-state index in [1.165, 1.54) is 0 Å². The minimum absolute atomic E-state index is 0.00493. The predicted octanol–water partition coefficient (Wildman–Crippen LogP) is 1.31. The SMILES string of the molecule is CN(CCc1cnn(C)c1)C(=O)c1cnc2c(c1)N(CC1CCOCC1)C(=O)CN2. The summed E-state index contributed by atoms with van der Waals surface area (Å²) in [7, 11) is 3.65. The van der Waals surface area contributed by atoms with E-state index in [0.29, 0.717) is 36.1 Å². The zero-order valence-corrected chi connectivity index (χ0v) is 17.5. The second kappa shape index (κ2) is 8.83. The summed E-state index contributed by atoms with van der Waals surface area (Å²) in [5.41, 5.74) is 2.25. The number of hydrogen-bond acceptors (Lipinski definition) is 6. The van der Waals surface area contributed by atoms with Crippen LogP contribution in [0.1, 0.15) is 28.8 Å². The Morgan fingerprint density at radius 2 is 2.13 bits per heavy atom. The molecule has 0 aliphatic carbocycles. The van der Waals surface area contributed by atoms with Gasteiger partial charge in [-0.3, -0.25) is 14.3 Å². The van der Waals surface area contributed by atoms with E-state index in [-0.39, 0.29) is 18.4 Å². The number of aromatic nitrogens is 3. The third-order valence-corrected chi connectivity index (χ3v) is 5.74. The number of pyridine rings is 1. The number of ether oxygens (including phenoxy) is 1. The molecule has 1 fully saturated rings. The summed E-state index contributed by atoms with van der Waals surface area (Å²) >= 11 is 0.